The van der Waals surface area contributed by atoms with E-state index in [1.54, 1.807) is 11.8 Å². The molecule has 0 bridgehead atoms. The molecule has 1 unspecified atom stereocenters. The summed E-state index contributed by atoms with van der Waals surface area (Å²) in [6.07, 6.45) is 1.82. The van der Waals surface area contributed by atoms with E-state index >= 15 is 0 Å². The molecule has 1 amide bonds. The molecule has 5 nitrogen and oxygen atoms in total. The van der Waals surface area contributed by atoms with Crippen LogP contribution in [0.15, 0.2) is 0 Å². The Morgan fingerprint density at radius 1 is 1.18 bits per heavy atom. The number of aliphatic hydroxyl groups is 2. The summed E-state index contributed by atoms with van der Waals surface area (Å²) in [5.41, 5.74) is 0. The van der Waals surface area contributed by atoms with Crippen LogP contribution in [0.4, 0.5) is 0 Å². The third-order valence-corrected chi connectivity index (χ3v) is 3.03. The first-order valence-electron chi connectivity index (χ1n) is 6.36. The number of aliphatic hydroxyl groups excluding tert-OH is 2. The van der Waals surface area contributed by atoms with Crippen LogP contribution < -0.4 is 5.32 Å². The second-order valence-electron chi connectivity index (χ2n) is 4.18. The van der Waals surface area contributed by atoms with Gasteiger partial charge in [0.25, 0.3) is 0 Å². The molecule has 0 aliphatic carbocycles. The molecule has 0 aliphatic rings. The number of hydrogen-bond donors (Lipinski definition) is 3. The molecule has 0 heterocycles. The highest BCUT2D eigenvalue weighted by Gasteiger charge is 2.21. The van der Waals surface area contributed by atoms with E-state index in [9.17, 15) is 4.79 Å². The predicted molar refractivity (Wildman–Crippen MR) is 67.7 cm³/mol. The molecule has 0 rings (SSSR count). The summed E-state index contributed by atoms with van der Waals surface area (Å²) in [4.78, 5) is 13.7. The zero-order valence-electron chi connectivity index (χ0n) is 11.1. The quantitative estimate of drug-likeness (QED) is 0.534. The number of amides is 1. The van der Waals surface area contributed by atoms with Gasteiger partial charge in [-0.3, -0.25) is 9.69 Å². The number of carbonyl (C=O) groups is 1. The average molecular weight is 246 g/mol. The van der Waals surface area contributed by atoms with Crippen LogP contribution >= 0.6 is 0 Å². The Bertz CT molecular complexity index is 202. The van der Waals surface area contributed by atoms with Gasteiger partial charge in [-0.2, -0.15) is 0 Å². The second-order valence-corrected chi connectivity index (χ2v) is 4.18. The van der Waals surface area contributed by atoms with Crippen molar-refractivity contribution >= 4 is 5.91 Å². The van der Waals surface area contributed by atoms with Gasteiger partial charge in [0, 0.05) is 19.1 Å². The maximum absolute atomic E-state index is 11.9. The Kier molecular flexibility index (Phi) is 9.03. The highest BCUT2D eigenvalue weighted by atomic mass is 16.3. The van der Waals surface area contributed by atoms with Crippen molar-refractivity contribution in [3.05, 3.63) is 0 Å². The summed E-state index contributed by atoms with van der Waals surface area (Å²) >= 11 is 0. The van der Waals surface area contributed by atoms with Crippen molar-refractivity contribution < 1.29 is 15.0 Å². The molecule has 0 spiro atoms. The van der Waals surface area contributed by atoms with E-state index in [2.05, 4.69) is 5.32 Å². The van der Waals surface area contributed by atoms with Crippen LogP contribution in [0.25, 0.3) is 0 Å². The SMILES string of the molecule is CCC(CC)NC(=O)C(C)N(CCO)CCO. The summed E-state index contributed by atoms with van der Waals surface area (Å²) in [7, 11) is 0. The molecule has 1 atom stereocenters. The minimum atomic E-state index is -0.324. The molecule has 0 saturated heterocycles. The Morgan fingerprint density at radius 3 is 2.00 bits per heavy atom. The Hall–Kier alpha value is -0.650. The lowest BCUT2D eigenvalue weighted by atomic mass is 10.1. The van der Waals surface area contributed by atoms with Gasteiger partial charge >= 0.3 is 0 Å². The van der Waals surface area contributed by atoms with E-state index in [-0.39, 0.29) is 31.2 Å². The number of nitrogens with zero attached hydrogens (tertiary/aromatic N) is 1. The largest absolute Gasteiger partial charge is 0.395 e. The van der Waals surface area contributed by atoms with Crippen LogP contribution in [0.2, 0.25) is 0 Å². The standard InChI is InChI=1S/C12H26N2O3/c1-4-11(5-2)13-12(17)10(3)14(6-8-15)7-9-16/h10-11,15-16H,4-9H2,1-3H3,(H,13,17). The van der Waals surface area contributed by atoms with Gasteiger partial charge in [-0.05, 0) is 19.8 Å². The van der Waals surface area contributed by atoms with E-state index in [0.29, 0.717) is 13.1 Å². The van der Waals surface area contributed by atoms with E-state index < -0.39 is 0 Å². The fraction of sp³-hybridized carbons (Fsp3) is 0.917. The predicted octanol–water partition coefficient (Wildman–Crippen LogP) is -0.0337. The van der Waals surface area contributed by atoms with Gasteiger partial charge in [0.05, 0.1) is 19.3 Å². The lowest BCUT2D eigenvalue weighted by molar-refractivity contribution is -0.127. The van der Waals surface area contributed by atoms with E-state index in [1.165, 1.54) is 0 Å². The molecule has 0 aromatic carbocycles. The number of hydrogen-bond acceptors (Lipinski definition) is 4. The molecule has 0 aliphatic heterocycles. The molecular formula is C12H26N2O3. The summed E-state index contributed by atoms with van der Waals surface area (Å²) in [6, 6.07) is -0.120. The number of nitrogens with one attached hydrogen (secondary N) is 1. The van der Waals surface area contributed by atoms with Crippen LogP contribution in [-0.2, 0) is 4.79 Å². The fourth-order valence-corrected chi connectivity index (χ4v) is 1.74. The van der Waals surface area contributed by atoms with Crippen LogP contribution in [0, 0.1) is 0 Å². The van der Waals surface area contributed by atoms with E-state index in [1.807, 2.05) is 13.8 Å². The number of carbonyl (C=O) groups excluding carboxylic acids is 1. The van der Waals surface area contributed by atoms with Crippen molar-refractivity contribution in [2.75, 3.05) is 26.3 Å². The van der Waals surface area contributed by atoms with Crippen molar-refractivity contribution in [3.8, 4) is 0 Å². The molecule has 0 saturated carbocycles. The first kappa shape index (κ1) is 16.4. The molecular weight excluding hydrogens is 220 g/mol. The smallest absolute Gasteiger partial charge is 0.237 e. The third kappa shape index (κ3) is 6.00. The van der Waals surface area contributed by atoms with Gasteiger partial charge in [-0.25, -0.2) is 0 Å². The summed E-state index contributed by atoms with van der Waals surface area (Å²) in [6.45, 7) is 6.65. The van der Waals surface area contributed by atoms with Crippen molar-refractivity contribution in [3.63, 3.8) is 0 Å². The minimum absolute atomic E-state index is 0.0113. The Labute approximate surface area is 104 Å². The van der Waals surface area contributed by atoms with Crippen LogP contribution in [0.3, 0.4) is 0 Å². The highest BCUT2D eigenvalue weighted by Crippen LogP contribution is 2.02. The molecule has 17 heavy (non-hydrogen) atoms. The minimum Gasteiger partial charge on any atom is -0.395 e. The van der Waals surface area contributed by atoms with E-state index in [0.717, 1.165) is 12.8 Å². The lowest BCUT2D eigenvalue weighted by Crippen LogP contribution is -2.49. The summed E-state index contributed by atoms with van der Waals surface area (Å²) in [5.74, 6) is -0.0411. The molecule has 0 radical (unpaired) electrons. The monoisotopic (exact) mass is 246 g/mol. The maximum atomic E-state index is 11.9. The van der Waals surface area contributed by atoms with Gasteiger partial charge in [0.2, 0.25) is 5.91 Å². The average Bonchev–Trinajstić information content (AvgIpc) is 2.34. The van der Waals surface area contributed by atoms with Gasteiger partial charge in [-0.15, -0.1) is 0 Å². The van der Waals surface area contributed by atoms with Crippen molar-refractivity contribution in [2.24, 2.45) is 0 Å². The summed E-state index contributed by atoms with van der Waals surface area (Å²) in [5, 5.41) is 20.8. The van der Waals surface area contributed by atoms with Crippen LogP contribution in [-0.4, -0.2) is 59.4 Å². The van der Waals surface area contributed by atoms with Crippen LogP contribution in [0.1, 0.15) is 33.6 Å². The second kappa shape index (κ2) is 9.39. The molecule has 0 aromatic heterocycles. The molecule has 5 heteroatoms. The zero-order chi connectivity index (χ0) is 13.3. The zero-order valence-corrected chi connectivity index (χ0v) is 11.1. The Balaban J connectivity index is 4.32. The summed E-state index contributed by atoms with van der Waals surface area (Å²) < 4.78 is 0. The first-order chi connectivity index (χ1) is 8.10. The van der Waals surface area contributed by atoms with Gasteiger partial charge in [0.15, 0.2) is 0 Å². The molecule has 102 valence electrons. The van der Waals surface area contributed by atoms with Crippen molar-refractivity contribution in [1.29, 1.82) is 0 Å². The molecule has 3 N–H and O–H groups in total. The first-order valence-corrected chi connectivity index (χ1v) is 6.36. The molecule has 0 fully saturated rings. The topological polar surface area (TPSA) is 72.8 Å². The Morgan fingerprint density at radius 2 is 1.65 bits per heavy atom. The third-order valence-electron chi connectivity index (χ3n) is 3.03. The lowest BCUT2D eigenvalue weighted by Gasteiger charge is -2.28. The molecule has 0 aromatic rings. The normalized spacial score (nSPS) is 13.1. The van der Waals surface area contributed by atoms with Crippen molar-refractivity contribution in [2.45, 2.75) is 45.7 Å². The van der Waals surface area contributed by atoms with Gasteiger partial charge < -0.3 is 15.5 Å². The van der Waals surface area contributed by atoms with Gasteiger partial charge in [-0.1, -0.05) is 13.8 Å². The van der Waals surface area contributed by atoms with E-state index in [4.69, 9.17) is 10.2 Å². The highest BCUT2D eigenvalue weighted by molar-refractivity contribution is 5.81. The van der Waals surface area contributed by atoms with Gasteiger partial charge in [0.1, 0.15) is 0 Å². The van der Waals surface area contributed by atoms with Crippen LogP contribution in [0.5, 0.6) is 0 Å². The fourth-order valence-electron chi connectivity index (χ4n) is 1.74. The maximum Gasteiger partial charge on any atom is 0.237 e. The van der Waals surface area contributed by atoms with Crippen molar-refractivity contribution in [1.82, 2.24) is 10.2 Å². The number of rotatable bonds is 9.